The van der Waals surface area contributed by atoms with E-state index < -0.39 is 6.08 Å². The van der Waals surface area contributed by atoms with Gasteiger partial charge in [0, 0.05) is 25.7 Å². The van der Waals surface area contributed by atoms with E-state index in [4.69, 9.17) is 0 Å². The Labute approximate surface area is 111 Å². The van der Waals surface area contributed by atoms with E-state index in [0.29, 0.717) is 12.6 Å². The third-order valence-electron chi connectivity index (χ3n) is 4.36. The van der Waals surface area contributed by atoms with Gasteiger partial charge in [0.15, 0.2) is 0 Å². The highest BCUT2D eigenvalue weighted by molar-refractivity contribution is 5.77. The summed E-state index contributed by atoms with van der Waals surface area (Å²) in [4.78, 5) is 19.8. The van der Waals surface area contributed by atoms with Crippen LogP contribution in [0.4, 0.5) is 9.18 Å². The van der Waals surface area contributed by atoms with Gasteiger partial charge >= 0.3 is 12.1 Å². The zero-order chi connectivity index (χ0) is 13.6. The van der Waals surface area contributed by atoms with Gasteiger partial charge in [0.25, 0.3) is 0 Å². The lowest BCUT2D eigenvalue weighted by atomic mass is 9.84. The molecule has 0 aromatic carbocycles. The molecule has 104 valence electrons. The number of amides is 1. The summed E-state index contributed by atoms with van der Waals surface area (Å²) in [5.74, 6) is 0. The van der Waals surface area contributed by atoms with E-state index in [1.165, 1.54) is 0 Å². The second-order valence-corrected chi connectivity index (χ2v) is 5.68. The number of nitrogens with zero attached hydrogens (tertiary/aromatic N) is 5. The van der Waals surface area contributed by atoms with Gasteiger partial charge in [0.1, 0.15) is 6.33 Å². The van der Waals surface area contributed by atoms with Gasteiger partial charge in [-0.1, -0.05) is 0 Å². The summed E-state index contributed by atoms with van der Waals surface area (Å²) in [6.45, 7) is 6.94. The fraction of sp³-hybridized carbons (Fsp3) is 0.750. The maximum absolute atomic E-state index is 12.8. The Kier molecular flexibility index (Phi) is 2.81. The minimum absolute atomic E-state index is 0.0796. The molecule has 2 saturated heterocycles. The molecule has 3 rings (SSSR count). The maximum atomic E-state index is 12.8. The van der Waals surface area contributed by atoms with Crippen molar-refractivity contribution in [1.82, 2.24) is 24.6 Å². The Balaban J connectivity index is 1.75. The van der Waals surface area contributed by atoms with Crippen LogP contribution in [0.15, 0.2) is 6.33 Å². The first-order valence-electron chi connectivity index (χ1n) is 6.65. The average Bonchev–Trinajstić information content (AvgIpc) is 2.94. The Morgan fingerprint density at radius 2 is 2.16 bits per heavy atom. The van der Waals surface area contributed by atoms with Crippen molar-refractivity contribution < 1.29 is 9.18 Å². The standard InChI is InChI=1S/C12H18FN5O/c1-9(2)16-5-3-12(7-16)4-6-17(12)11(19)18-8-14-10(13)15-18/h8-9H,3-7H2,1-2H3/t12-/m1/s1. The van der Waals surface area contributed by atoms with Crippen molar-refractivity contribution in [3.8, 4) is 0 Å². The number of hydrogen-bond acceptors (Lipinski definition) is 4. The second kappa shape index (κ2) is 4.26. The van der Waals surface area contributed by atoms with E-state index in [1.54, 1.807) is 0 Å². The molecule has 6 nitrogen and oxygen atoms in total. The van der Waals surface area contributed by atoms with Crippen LogP contribution in [0.1, 0.15) is 26.7 Å². The van der Waals surface area contributed by atoms with Crippen LogP contribution in [0.5, 0.6) is 0 Å². The van der Waals surface area contributed by atoms with Gasteiger partial charge in [0.05, 0.1) is 5.54 Å². The van der Waals surface area contributed by atoms with E-state index in [0.717, 1.165) is 36.9 Å². The molecule has 2 aliphatic heterocycles. The molecule has 2 aliphatic rings. The molecule has 0 aliphatic carbocycles. The molecule has 1 aromatic heterocycles. The number of hydrogen-bond donors (Lipinski definition) is 0. The Hall–Kier alpha value is -1.50. The molecular weight excluding hydrogens is 249 g/mol. The number of carbonyl (C=O) groups excluding carboxylic acids is 1. The van der Waals surface area contributed by atoms with Crippen molar-refractivity contribution >= 4 is 6.03 Å². The quantitative estimate of drug-likeness (QED) is 0.760. The van der Waals surface area contributed by atoms with Crippen LogP contribution in [0.3, 0.4) is 0 Å². The topological polar surface area (TPSA) is 54.3 Å². The van der Waals surface area contributed by atoms with Crippen LogP contribution >= 0.6 is 0 Å². The van der Waals surface area contributed by atoms with Crippen LogP contribution in [0, 0.1) is 6.08 Å². The molecule has 1 atom stereocenters. The van der Waals surface area contributed by atoms with Crippen molar-refractivity contribution in [2.75, 3.05) is 19.6 Å². The monoisotopic (exact) mass is 267 g/mol. The first kappa shape index (κ1) is 12.5. The smallest absolute Gasteiger partial charge is 0.316 e. The van der Waals surface area contributed by atoms with Gasteiger partial charge in [-0.2, -0.15) is 14.1 Å². The van der Waals surface area contributed by atoms with E-state index in [-0.39, 0.29) is 11.6 Å². The SMILES string of the molecule is CC(C)N1CC[C@@]2(CCN2C(=O)n2cnc(F)n2)C1. The van der Waals surface area contributed by atoms with Crippen LogP contribution in [0.25, 0.3) is 0 Å². The van der Waals surface area contributed by atoms with E-state index in [2.05, 4.69) is 28.8 Å². The Bertz CT molecular complexity index is 502. The molecule has 19 heavy (non-hydrogen) atoms. The highest BCUT2D eigenvalue weighted by Crippen LogP contribution is 2.39. The van der Waals surface area contributed by atoms with Gasteiger partial charge in [0.2, 0.25) is 0 Å². The zero-order valence-corrected chi connectivity index (χ0v) is 11.2. The number of likely N-dealkylation sites (tertiary alicyclic amines) is 2. The third-order valence-corrected chi connectivity index (χ3v) is 4.36. The number of halogens is 1. The van der Waals surface area contributed by atoms with Gasteiger partial charge in [-0.15, -0.1) is 5.10 Å². The summed E-state index contributed by atoms with van der Waals surface area (Å²) < 4.78 is 13.8. The molecule has 1 amide bonds. The summed E-state index contributed by atoms with van der Waals surface area (Å²) in [6, 6.07) is 0.217. The predicted octanol–water partition coefficient (Wildman–Crippen LogP) is 0.944. The molecule has 0 bridgehead atoms. The molecular formula is C12H18FN5O. The Morgan fingerprint density at radius 3 is 2.63 bits per heavy atom. The summed E-state index contributed by atoms with van der Waals surface area (Å²) in [7, 11) is 0. The van der Waals surface area contributed by atoms with Crippen LogP contribution in [-0.4, -0.2) is 61.8 Å². The van der Waals surface area contributed by atoms with E-state index in [1.807, 2.05) is 4.90 Å². The zero-order valence-electron chi connectivity index (χ0n) is 11.2. The van der Waals surface area contributed by atoms with Crippen LogP contribution in [-0.2, 0) is 0 Å². The van der Waals surface area contributed by atoms with Crippen LogP contribution < -0.4 is 0 Å². The molecule has 0 N–H and O–H groups in total. The van der Waals surface area contributed by atoms with Crippen molar-refractivity contribution in [3.63, 3.8) is 0 Å². The third kappa shape index (κ3) is 1.92. The molecule has 1 aromatic rings. The molecule has 1 spiro atoms. The predicted molar refractivity (Wildman–Crippen MR) is 66.2 cm³/mol. The van der Waals surface area contributed by atoms with Crippen molar-refractivity contribution in [2.45, 2.75) is 38.3 Å². The maximum Gasteiger partial charge on any atom is 0.346 e. The van der Waals surface area contributed by atoms with Crippen LogP contribution in [0.2, 0.25) is 0 Å². The minimum atomic E-state index is -0.863. The molecule has 2 fully saturated rings. The lowest BCUT2D eigenvalue weighted by Crippen LogP contribution is -2.64. The van der Waals surface area contributed by atoms with Crippen molar-refractivity contribution in [1.29, 1.82) is 0 Å². The Morgan fingerprint density at radius 1 is 1.42 bits per heavy atom. The van der Waals surface area contributed by atoms with Gasteiger partial charge < -0.3 is 4.90 Å². The highest BCUT2D eigenvalue weighted by atomic mass is 19.1. The first-order chi connectivity index (χ1) is 9.02. The highest BCUT2D eigenvalue weighted by Gasteiger charge is 2.52. The molecule has 0 radical (unpaired) electrons. The number of rotatable bonds is 1. The van der Waals surface area contributed by atoms with E-state index >= 15 is 0 Å². The number of aromatic nitrogens is 3. The van der Waals surface area contributed by atoms with Gasteiger partial charge in [-0.05, 0) is 26.7 Å². The fourth-order valence-corrected chi connectivity index (χ4v) is 3.05. The first-order valence-corrected chi connectivity index (χ1v) is 6.65. The van der Waals surface area contributed by atoms with Crippen molar-refractivity contribution in [3.05, 3.63) is 12.4 Å². The molecule has 3 heterocycles. The largest absolute Gasteiger partial charge is 0.346 e. The lowest BCUT2D eigenvalue weighted by Gasteiger charge is -2.50. The summed E-state index contributed by atoms with van der Waals surface area (Å²) in [5.41, 5.74) is -0.0796. The molecule has 0 unspecified atom stereocenters. The molecule has 7 heteroatoms. The van der Waals surface area contributed by atoms with E-state index in [9.17, 15) is 9.18 Å². The van der Waals surface area contributed by atoms with Gasteiger partial charge in [-0.3, -0.25) is 4.90 Å². The number of carbonyl (C=O) groups is 1. The average molecular weight is 267 g/mol. The van der Waals surface area contributed by atoms with Crippen molar-refractivity contribution in [2.24, 2.45) is 0 Å². The summed E-state index contributed by atoms with van der Waals surface area (Å²) in [6.07, 6.45) is 2.27. The second-order valence-electron chi connectivity index (χ2n) is 5.68. The summed E-state index contributed by atoms with van der Waals surface area (Å²) >= 11 is 0. The normalized spacial score (nSPS) is 27.3. The minimum Gasteiger partial charge on any atom is -0.316 e. The summed E-state index contributed by atoms with van der Waals surface area (Å²) in [5, 5.41) is 3.46. The fourth-order valence-electron chi connectivity index (χ4n) is 3.05. The lowest BCUT2D eigenvalue weighted by molar-refractivity contribution is 0.0274. The van der Waals surface area contributed by atoms with Gasteiger partial charge in [-0.25, -0.2) is 4.79 Å². The molecule has 0 saturated carbocycles.